The summed E-state index contributed by atoms with van der Waals surface area (Å²) in [5, 5.41) is 2.98. The molecule has 0 heterocycles. The van der Waals surface area contributed by atoms with Gasteiger partial charge in [-0.05, 0) is 31.6 Å². The van der Waals surface area contributed by atoms with E-state index in [4.69, 9.17) is 4.74 Å². The lowest BCUT2D eigenvalue weighted by molar-refractivity contribution is 0.0149. The molecule has 1 N–H and O–H groups in total. The van der Waals surface area contributed by atoms with Crippen LogP contribution < -0.4 is 10.1 Å². The second-order valence-corrected chi connectivity index (χ2v) is 3.74. The molecule has 90 valence electrons. The molecule has 0 aromatic heterocycles. The Labute approximate surface area is 94.6 Å². The van der Waals surface area contributed by atoms with Crippen molar-refractivity contribution in [2.75, 3.05) is 20.7 Å². The number of nitrogens with one attached hydrogen (secondary N) is 1. The van der Waals surface area contributed by atoms with Gasteiger partial charge in [-0.3, -0.25) is 0 Å². The monoisotopic (exact) mass is 229 g/mol. The van der Waals surface area contributed by atoms with E-state index < -0.39 is 5.92 Å². The number of likely N-dealkylation sites (N-methyl/N-ethyl adjacent to an activating group) is 1. The number of alkyl halides is 2. The number of hydrogen-bond acceptors (Lipinski definition) is 2. The fraction of sp³-hybridized carbons (Fsp3) is 0.500. The van der Waals surface area contributed by atoms with Crippen LogP contribution in [0, 0.1) is 0 Å². The van der Waals surface area contributed by atoms with Crippen molar-refractivity contribution in [3.63, 3.8) is 0 Å². The molecule has 1 aromatic carbocycles. The minimum atomic E-state index is -2.87. The van der Waals surface area contributed by atoms with Crippen LogP contribution in [0.2, 0.25) is 0 Å². The molecule has 0 unspecified atom stereocenters. The standard InChI is InChI=1S/C12H17F2NO/c1-12(13,14)10-6-4-5-9(7-8-15-2)11(10)16-3/h4-6,15H,7-8H2,1-3H3. The maximum atomic E-state index is 13.3. The average Bonchev–Trinajstić information content (AvgIpc) is 2.24. The van der Waals surface area contributed by atoms with E-state index in [0.717, 1.165) is 19.0 Å². The number of rotatable bonds is 5. The lowest BCUT2D eigenvalue weighted by Crippen LogP contribution is -2.14. The van der Waals surface area contributed by atoms with Crippen LogP contribution in [0.1, 0.15) is 18.1 Å². The number of hydrogen-bond donors (Lipinski definition) is 1. The molecule has 4 heteroatoms. The molecule has 0 amide bonds. The smallest absolute Gasteiger partial charge is 0.274 e. The number of para-hydroxylation sites is 1. The quantitative estimate of drug-likeness (QED) is 0.837. The Morgan fingerprint density at radius 3 is 2.56 bits per heavy atom. The predicted octanol–water partition coefficient (Wildman–Crippen LogP) is 2.57. The summed E-state index contributed by atoms with van der Waals surface area (Å²) >= 11 is 0. The molecule has 0 bridgehead atoms. The van der Waals surface area contributed by atoms with E-state index in [-0.39, 0.29) is 5.56 Å². The molecule has 0 spiro atoms. The largest absolute Gasteiger partial charge is 0.496 e. The molecule has 0 aliphatic carbocycles. The van der Waals surface area contributed by atoms with E-state index in [2.05, 4.69) is 5.32 Å². The van der Waals surface area contributed by atoms with Gasteiger partial charge in [0.15, 0.2) is 0 Å². The van der Waals surface area contributed by atoms with Crippen molar-refractivity contribution >= 4 is 0 Å². The van der Waals surface area contributed by atoms with Gasteiger partial charge in [0.1, 0.15) is 5.75 Å². The molecule has 0 saturated carbocycles. The molecule has 1 rings (SSSR count). The minimum Gasteiger partial charge on any atom is -0.496 e. The highest BCUT2D eigenvalue weighted by atomic mass is 19.3. The Bertz CT molecular complexity index is 347. The summed E-state index contributed by atoms with van der Waals surface area (Å²) in [6.07, 6.45) is 0.670. The van der Waals surface area contributed by atoms with Crippen molar-refractivity contribution in [3.8, 4) is 5.75 Å². The summed E-state index contributed by atoms with van der Waals surface area (Å²) < 4.78 is 31.7. The first-order valence-corrected chi connectivity index (χ1v) is 5.19. The van der Waals surface area contributed by atoms with Gasteiger partial charge in [0.25, 0.3) is 5.92 Å². The van der Waals surface area contributed by atoms with Crippen molar-refractivity contribution in [2.24, 2.45) is 0 Å². The SMILES string of the molecule is CNCCc1cccc(C(C)(F)F)c1OC. The zero-order valence-corrected chi connectivity index (χ0v) is 9.81. The molecule has 0 aliphatic heterocycles. The molecule has 0 radical (unpaired) electrons. The highest BCUT2D eigenvalue weighted by Gasteiger charge is 2.29. The van der Waals surface area contributed by atoms with Crippen LogP contribution in [-0.2, 0) is 12.3 Å². The third-order valence-corrected chi connectivity index (χ3v) is 2.42. The van der Waals surface area contributed by atoms with E-state index in [9.17, 15) is 8.78 Å². The fourth-order valence-corrected chi connectivity index (χ4v) is 1.63. The lowest BCUT2D eigenvalue weighted by Gasteiger charge is -2.17. The van der Waals surface area contributed by atoms with Gasteiger partial charge in [0, 0.05) is 6.92 Å². The highest BCUT2D eigenvalue weighted by Crippen LogP contribution is 2.36. The van der Waals surface area contributed by atoms with Crippen molar-refractivity contribution in [2.45, 2.75) is 19.3 Å². The number of benzene rings is 1. The van der Waals surface area contributed by atoms with Crippen LogP contribution in [0.3, 0.4) is 0 Å². The maximum Gasteiger partial charge on any atom is 0.274 e. The van der Waals surface area contributed by atoms with Gasteiger partial charge in [-0.25, -0.2) is 8.78 Å². The third kappa shape index (κ3) is 2.92. The van der Waals surface area contributed by atoms with Crippen LogP contribution in [0.25, 0.3) is 0 Å². The predicted molar refractivity (Wildman–Crippen MR) is 60.2 cm³/mol. The second-order valence-electron chi connectivity index (χ2n) is 3.74. The number of methoxy groups -OCH3 is 1. The summed E-state index contributed by atoms with van der Waals surface area (Å²) in [5.41, 5.74) is 0.750. The van der Waals surface area contributed by atoms with E-state index in [1.165, 1.54) is 13.2 Å². The first-order chi connectivity index (χ1) is 7.50. The van der Waals surface area contributed by atoms with Crippen molar-refractivity contribution in [3.05, 3.63) is 29.3 Å². The van der Waals surface area contributed by atoms with Gasteiger partial charge in [0.05, 0.1) is 12.7 Å². The molecule has 2 nitrogen and oxygen atoms in total. The van der Waals surface area contributed by atoms with Crippen LogP contribution in [0.5, 0.6) is 5.75 Å². The second kappa shape index (κ2) is 5.25. The summed E-state index contributed by atoms with van der Waals surface area (Å²) in [5.74, 6) is -2.58. The average molecular weight is 229 g/mol. The molecule has 0 saturated heterocycles. The topological polar surface area (TPSA) is 21.3 Å². The Morgan fingerprint density at radius 1 is 1.38 bits per heavy atom. The lowest BCUT2D eigenvalue weighted by atomic mass is 10.0. The summed E-state index contributed by atoms with van der Waals surface area (Å²) in [4.78, 5) is 0. The van der Waals surface area contributed by atoms with Crippen molar-refractivity contribution in [1.29, 1.82) is 0 Å². The van der Waals surface area contributed by atoms with E-state index in [1.807, 2.05) is 13.1 Å². The molecule has 0 fully saturated rings. The summed E-state index contributed by atoms with van der Waals surface area (Å²) in [6, 6.07) is 4.85. The number of halogens is 2. The van der Waals surface area contributed by atoms with Gasteiger partial charge in [-0.15, -0.1) is 0 Å². The fourth-order valence-electron chi connectivity index (χ4n) is 1.63. The van der Waals surface area contributed by atoms with Gasteiger partial charge in [0.2, 0.25) is 0 Å². The van der Waals surface area contributed by atoms with Crippen LogP contribution in [0.15, 0.2) is 18.2 Å². The zero-order chi connectivity index (χ0) is 12.2. The van der Waals surface area contributed by atoms with E-state index >= 15 is 0 Å². The Morgan fingerprint density at radius 2 is 2.06 bits per heavy atom. The molecule has 0 aliphatic rings. The van der Waals surface area contributed by atoms with Gasteiger partial charge in [-0.2, -0.15) is 0 Å². The Kier molecular flexibility index (Phi) is 4.24. The third-order valence-electron chi connectivity index (χ3n) is 2.42. The van der Waals surface area contributed by atoms with E-state index in [1.54, 1.807) is 6.07 Å². The number of ether oxygens (including phenoxy) is 1. The van der Waals surface area contributed by atoms with Crippen LogP contribution in [-0.4, -0.2) is 20.7 Å². The maximum absolute atomic E-state index is 13.3. The van der Waals surface area contributed by atoms with Crippen LogP contribution in [0.4, 0.5) is 8.78 Å². The Balaban J connectivity index is 3.11. The van der Waals surface area contributed by atoms with Crippen molar-refractivity contribution in [1.82, 2.24) is 5.32 Å². The van der Waals surface area contributed by atoms with Gasteiger partial charge in [-0.1, -0.05) is 12.1 Å². The van der Waals surface area contributed by atoms with Gasteiger partial charge < -0.3 is 10.1 Å². The molecular formula is C12H17F2NO. The highest BCUT2D eigenvalue weighted by molar-refractivity contribution is 5.44. The first kappa shape index (κ1) is 12.9. The minimum absolute atomic E-state index is 0.0522. The van der Waals surface area contributed by atoms with Crippen LogP contribution >= 0.6 is 0 Å². The van der Waals surface area contributed by atoms with Gasteiger partial charge >= 0.3 is 0 Å². The van der Waals surface area contributed by atoms with Crippen molar-refractivity contribution < 1.29 is 13.5 Å². The normalized spacial score (nSPS) is 11.6. The molecule has 16 heavy (non-hydrogen) atoms. The van der Waals surface area contributed by atoms with E-state index in [0.29, 0.717) is 12.2 Å². The first-order valence-electron chi connectivity index (χ1n) is 5.19. The molecule has 1 aromatic rings. The summed E-state index contributed by atoms with van der Waals surface area (Å²) in [7, 11) is 3.25. The molecule has 0 atom stereocenters. The summed E-state index contributed by atoms with van der Waals surface area (Å²) in [6.45, 7) is 1.61. The zero-order valence-electron chi connectivity index (χ0n) is 9.81. The Hall–Kier alpha value is -1.16. The molecular weight excluding hydrogens is 212 g/mol.